The van der Waals surface area contributed by atoms with Gasteiger partial charge in [-0.05, 0) is 25.2 Å². The molecule has 1 atom stereocenters. The maximum absolute atomic E-state index is 2.30. The molecule has 0 aromatic heterocycles. The first-order valence-electron chi connectivity index (χ1n) is 8.62. The summed E-state index contributed by atoms with van der Waals surface area (Å²) in [6.07, 6.45) is 22.0. The Balaban J connectivity index is 2.86. The molecule has 0 aromatic carbocycles. The van der Waals surface area contributed by atoms with Gasteiger partial charge in [0.25, 0.3) is 0 Å². The molecule has 0 aromatic rings. The Morgan fingerprint density at radius 2 is 0.778 bits per heavy atom. The number of hydrogen-bond donors (Lipinski definition) is 0. The topological polar surface area (TPSA) is 0 Å². The van der Waals surface area contributed by atoms with E-state index in [1.165, 1.54) is 104 Å². The van der Waals surface area contributed by atoms with Gasteiger partial charge < -0.3 is 0 Å². The van der Waals surface area contributed by atoms with Crippen molar-refractivity contribution in [3.8, 4) is 0 Å². The van der Waals surface area contributed by atoms with Crippen molar-refractivity contribution >= 4 is 8.58 Å². The van der Waals surface area contributed by atoms with Crippen LogP contribution in [0.3, 0.4) is 0 Å². The van der Waals surface area contributed by atoms with E-state index in [0.717, 1.165) is 0 Å². The zero-order valence-electron chi connectivity index (χ0n) is 13.1. The highest BCUT2D eigenvalue weighted by Crippen LogP contribution is 2.17. The largest absolute Gasteiger partial charge is 0.122 e. The minimum Gasteiger partial charge on any atom is -0.122 e. The summed E-state index contributed by atoms with van der Waals surface area (Å²) >= 11 is 0. The van der Waals surface area contributed by atoms with E-state index in [9.17, 15) is 0 Å². The van der Waals surface area contributed by atoms with Gasteiger partial charge in [-0.1, -0.05) is 84.5 Å². The van der Waals surface area contributed by atoms with E-state index in [1.807, 2.05) is 0 Å². The third kappa shape index (κ3) is 16.4. The van der Waals surface area contributed by atoms with Crippen LogP contribution >= 0.6 is 8.58 Å². The normalized spacial score (nSPS) is 11.7. The van der Waals surface area contributed by atoms with Gasteiger partial charge in [0.05, 0.1) is 0 Å². The van der Waals surface area contributed by atoms with E-state index in [-0.39, 0.29) is 0 Å². The Bertz CT molecular complexity index is 118. The van der Waals surface area contributed by atoms with E-state index in [2.05, 4.69) is 13.8 Å². The second-order valence-electron chi connectivity index (χ2n) is 5.64. The molecular formula is C17H37P. The summed E-state index contributed by atoms with van der Waals surface area (Å²) in [7, 11) is 1.26. The van der Waals surface area contributed by atoms with Crippen LogP contribution in [0.4, 0.5) is 0 Å². The molecule has 110 valence electrons. The van der Waals surface area contributed by atoms with Crippen LogP contribution in [0, 0.1) is 0 Å². The van der Waals surface area contributed by atoms with Crippen molar-refractivity contribution in [3.05, 3.63) is 0 Å². The predicted molar refractivity (Wildman–Crippen MR) is 89.4 cm³/mol. The molecule has 0 aliphatic carbocycles. The average molecular weight is 272 g/mol. The molecule has 1 heteroatoms. The second kappa shape index (κ2) is 17.4. The summed E-state index contributed by atoms with van der Waals surface area (Å²) in [5.41, 5.74) is 0. The van der Waals surface area contributed by atoms with Crippen LogP contribution in [0.5, 0.6) is 0 Å². The smallest absolute Gasteiger partial charge is 0.0353 e. The molecule has 0 heterocycles. The molecule has 0 saturated carbocycles. The molecule has 0 aliphatic heterocycles. The summed E-state index contributed by atoms with van der Waals surface area (Å²) < 4.78 is 0. The molecule has 0 N–H and O–H groups in total. The summed E-state index contributed by atoms with van der Waals surface area (Å²) in [6, 6.07) is 0. The number of unbranched alkanes of at least 4 members (excludes halogenated alkanes) is 11. The van der Waals surface area contributed by atoms with Crippen LogP contribution in [-0.4, -0.2) is 12.3 Å². The van der Waals surface area contributed by atoms with E-state index in [4.69, 9.17) is 0 Å². The summed E-state index contributed by atoms with van der Waals surface area (Å²) in [5.74, 6) is 0. The Morgan fingerprint density at radius 3 is 1.17 bits per heavy atom. The van der Waals surface area contributed by atoms with Gasteiger partial charge in [0.1, 0.15) is 0 Å². The molecular weight excluding hydrogens is 235 g/mol. The monoisotopic (exact) mass is 272 g/mol. The first kappa shape index (κ1) is 18.4. The zero-order chi connectivity index (χ0) is 13.3. The van der Waals surface area contributed by atoms with Gasteiger partial charge in [0, 0.05) is 0 Å². The fourth-order valence-corrected chi connectivity index (χ4v) is 3.61. The molecule has 0 spiro atoms. The van der Waals surface area contributed by atoms with Crippen LogP contribution in [0.2, 0.25) is 0 Å². The standard InChI is InChI=1S/C17H37P/c1-3-5-7-9-10-11-13-15-17-18-16-14-12-8-6-4-2/h18H,3-17H2,1-2H3. The average Bonchev–Trinajstić information content (AvgIpc) is 2.39. The minimum atomic E-state index is 1.26. The van der Waals surface area contributed by atoms with Gasteiger partial charge in [-0.3, -0.25) is 0 Å². The van der Waals surface area contributed by atoms with Crippen molar-refractivity contribution in [1.82, 2.24) is 0 Å². The van der Waals surface area contributed by atoms with Crippen molar-refractivity contribution in [2.45, 2.75) is 97.3 Å². The maximum atomic E-state index is 2.30. The molecule has 0 bridgehead atoms. The maximum Gasteiger partial charge on any atom is -0.0353 e. The lowest BCUT2D eigenvalue weighted by atomic mass is 10.1. The lowest BCUT2D eigenvalue weighted by Crippen LogP contribution is -1.85. The molecule has 1 unspecified atom stereocenters. The van der Waals surface area contributed by atoms with Gasteiger partial charge in [-0.25, -0.2) is 0 Å². The number of hydrogen-bond acceptors (Lipinski definition) is 0. The fourth-order valence-electron chi connectivity index (χ4n) is 2.36. The SMILES string of the molecule is CCCCCCCCCCPCCCCCCC. The third-order valence-corrected chi connectivity index (χ3v) is 5.08. The van der Waals surface area contributed by atoms with E-state index in [0.29, 0.717) is 0 Å². The summed E-state index contributed by atoms with van der Waals surface area (Å²) in [6.45, 7) is 4.59. The summed E-state index contributed by atoms with van der Waals surface area (Å²) in [4.78, 5) is 0. The Morgan fingerprint density at radius 1 is 0.444 bits per heavy atom. The van der Waals surface area contributed by atoms with Gasteiger partial charge >= 0.3 is 0 Å². The molecule has 0 amide bonds. The van der Waals surface area contributed by atoms with Crippen LogP contribution in [0.25, 0.3) is 0 Å². The molecule has 0 fully saturated rings. The summed E-state index contributed by atoms with van der Waals surface area (Å²) in [5, 5.41) is 0. The van der Waals surface area contributed by atoms with Crippen molar-refractivity contribution in [3.63, 3.8) is 0 Å². The van der Waals surface area contributed by atoms with E-state index < -0.39 is 0 Å². The van der Waals surface area contributed by atoms with Crippen LogP contribution < -0.4 is 0 Å². The molecule has 0 rings (SSSR count). The van der Waals surface area contributed by atoms with Gasteiger partial charge in [0.2, 0.25) is 0 Å². The van der Waals surface area contributed by atoms with E-state index >= 15 is 0 Å². The van der Waals surface area contributed by atoms with Crippen molar-refractivity contribution < 1.29 is 0 Å². The van der Waals surface area contributed by atoms with Gasteiger partial charge in [0.15, 0.2) is 0 Å². The molecule has 0 radical (unpaired) electrons. The molecule has 0 saturated heterocycles. The third-order valence-electron chi connectivity index (χ3n) is 3.66. The minimum absolute atomic E-state index is 1.26. The Hall–Kier alpha value is 0.430. The molecule has 18 heavy (non-hydrogen) atoms. The predicted octanol–water partition coefficient (Wildman–Crippen LogP) is 6.78. The molecule has 0 nitrogen and oxygen atoms in total. The second-order valence-corrected chi connectivity index (χ2v) is 7.14. The van der Waals surface area contributed by atoms with Gasteiger partial charge in [-0.15, -0.1) is 8.58 Å². The highest BCUT2D eigenvalue weighted by Gasteiger charge is 1.93. The first-order chi connectivity index (χ1) is 8.91. The van der Waals surface area contributed by atoms with Crippen LogP contribution in [-0.2, 0) is 0 Å². The van der Waals surface area contributed by atoms with Crippen LogP contribution in [0.15, 0.2) is 0 Å². The van der Waals surface area contributed by atoms with Crippen molar-refractivity contribution in [1.29, 1.82) is 0 Å². The van der Waals surface area contributed by atoms with Crippen molar-refractivity contribution in [2.75, 3.05) is 12.3 Å². The van der Waals surface area contributed by atoms with Gasteiger partial charge in [-0.2, -0.15) is 0 Å². The van der Waals surface area contributed by atoms with Crippen LogP contribution in [0.1, 0.15) is 97.3 Å². The first-order valence-corrected chi connectivity index (χ1v) is 10.0. The van der Waals surface area contributed by atoms with E-state index in [1.54, 1.807) is 0 Å². The quantitative estimate of drug-likeness (QED) is 0.228. The highest BCUT2D eigenvalue weighted by atomic mass is 31.1. The lowest BCUT2D eigenvalue weighted by molar-refractivity contribution is 0.586. The zero-order valence-corrected chi connectivity index (χ0v) is 14.1. The highest BCUT2D eigenvalue weighted by molar-refractivity contribution is 7.37. The number of rotatable bonds is 15. The Kier molecular flexibility index (Phi) is 17.8. The fraction of sp³-hybridized carbons (Fsp3) is 1.00. The molecule has 0 aliphatic rings. The lowest BCUT2D eigenvalue weighted by Gasteiger charge is -2.03. The Labute approximate surface area is 118 Å². The van der Waals surface area contributed by atoms with Crippen molar-refractivity contribution in [2.24, 2.45) is 0 Å².